The highest BCUT2D eigenvalue weighted by Gasteiger charge is 2.10. The zero-order chi connectivity index (χ0) is 11.1. The molecule has 15 heavy (non-hydrogen) atoms. The summed E-state index contributed by atoms with van der Waals surface area (Å²) in [6, 6.07) is 6.20. The van der Waals surface area contributed by atoms with Crippen molar-refractivity contribution in [2.75, 3.05) is 17.9 Å². The predicted octanol–water partition coefficient (Wildman–Crippen LogP) is 2.61. The SMILES string of the molecule is O=[N+]([O-])c1ccccc1NN=NCCCl. The van der Waals surface area contributed by atoms with E-state index in [1.165, 1.54) is 6.07 Å². The van der Waals surface area contributed by atoms with E-state index in [0.29, 0.717) is 18.1 Å². The molecule has 0 aromatic heterocycles. The number of anilines is 1. The molecular formula is C8H9ClN4O2. The van der Waals surface area contributed by atoms with Gasteiger partial charge < -0.3 is 0 Å². The summed E-state index contributed by atoms with van der Waals surface area (Å²) in [4.78, 5) is 10.1. The van der Waals surface area contributed by atoms with Gasteiger partial charge in [0.15, 0.2) is 0 Å². The Morgan fingerprint density at radius 2 is 2.20 bits per heavy atom. The summed E-state index contributed by atoms with van der Waals surface area (Å²) < 4.78 is 0. The lowest BCUT2D eigenvalue weighted by molar-refractivity contribution is -0.384. The molecule has 0 spiro atoms. The summed E-state index contributed by atoms with van der Waals surface area (Å²) in [6.45, 7) is 0.370. The van der Waals surface area contributed by atoms with Crippen molar-refractivity contribution in [2.24, 2.45) is 10.3 Å². The summed E-state index contributed by atoms with van der Waals surface area (Å²) >= 11 is 5.38. The van der Waals surface area contributed by atoms with Crippen LogP contribution in [0.15, 0.2) is 34.6 Å². The minimum Gasteiger partial charge on any atom is -0.258 e. The van der Waals surface area contributed by atoms with Gasteiger partial charge in [-0.25, -0.2) is 0 Å². The number of para-hydroxylation sites is 2. The standard InChI is InChI=1S/C8H9ClN4O2/c9-5-6-10-12-11-7-3-1-2-4-8(7)13(14)15/h1-4H,5-6H2,(H,10,11). The molecule has 0 saturated heterocycles. The van der Waals surface area contributed by atoms with Gasteiger partial charge in [-0.05, 0) is 6.07 Å². The molecule has 0 aliphatic rings. The second-order valence-corrected chi connectivity index (χ2v) is 2.92. The lowest BCUT2D eigenvalue weighted by Gasteiger charge is -1.99. The molecular weight excluding hydrogens is 220 g/mol. The number of nitrogens with one attached hydrogen (secondary N) is 1. The minimum atomic E-state index is -0.487. The largest absolute Gasteiger partial charge is 0.294 e. The molecule has 0 bridgehead atoms. The molecule has 7 heteroatoms. The number of nitrogens with zero attached hydrogens (tertiary/aromatic N) is 3. The van der Waals surface area contributed by atoms with Crippen molar-refractivity contribution in [3.63, 3.8) is 0 Å². The number of nitro benzene ring substituents is 1. The Kier molecular flexibility index (Phi) is 4.49. The fourth-order valence-corrected chi connectivity index (χ4v) is 0.980. The molecule has 1 aromatic carbocycles. The third-order valence-corrected chi connectivity index (χ3v) is 1.70. The fraction of sp³-hybridized carbons (Fsp3) is 0.250. The molecule has 0 saturated carbocycles. The third kappa shape index (κ3) is 3.51. The smallest absolute Gasteiger partial charge is 0.258 e. The van der Waals surface area contributed by atoms with Gasteiger partial charge in [0.05, 0.1) is 11.5 Å². The first kappa shape index (κ1) is 11.4. The number of benzene rings is 1. The zero-order valence-electron chi connectivity index (χ0n) is 7.76. The Balaban J connectivity index is 2.71. The van der Waals surface area contributed by atoms with E-state index in [1.54, 1.807) is 18.2 Å². The van der Waals surface area contributed by atoms with Crippen molar-refractivity contribution in [1.82, 2.24) is 0 Å². The van der Waals surface area contributed by atoms with Crippen molar-refractivity contribution in [3.05, 3.63) is 34.4 Å². The van der Waals surface area contributed by atoms with Crippen LogP contribution in [0.4, 0.5) is 11.4 Å². The number of alkyl halides is 1. The van der Waals surface area contributed by atoms with Crippen LogP contribution < -0.4 is 5.43 Å². The predicted molar refractivity (Wildman–Crippen MR) is 57.2 cm³/mol. The summed E-state index contributed by atoms with van der Waals surface area (Å²) in [7, 11) is 0. The maximum Gasteiger partial charge on any atom is 0.294 e. The van der Waals surface area contributed by atoms with Crippen LogP contribution in [0, 0.1) is 10.1 Å². The van der Waals surface area contributed by atoms with Crippen molar-refractivity contribution in [3.8, 4) is 0 Å². The van der Waals surface area contributed by atoms with Gasteiger partial charge in [0, 0.05) is 11.9 Å². The molecule has 1 rings (SSSR count). The lowest BCUT2D eigenvalue weighted by atomic mass is 10.3. The van der Waals surface area contributed by atoms with Gasteiger partial charge in [-0.3, -0.25) is 15.5 Å². The van der Waals surface area contributed by atoms with E-state index in [2.05, 4.69) is 15.8 Å². The van der Waals surface area contributed by atoms with Crippen molar-refractivity contribution in [1.29, 1.82) is 0 Å². The molecule has 0 atom stereocenters. The zero-order valence-corrected chi connectivity index (χ0v) is 8.52. The maximum absolute atomic E-state index is 10.6. The van der Waals surface area contributed by atoms with E-state index in [0.717, 1.165) is 0 Å². The van der Waals surface area contributed by atoms with Gasteiger partial charge in [-0.1, -0.05) is 17.4 Å². The lowest BCUT2D eigenvalue weighted by Crippen LogP contribution is -1.95. The quantitative estimate of drug-likeness (QED) is 0.364. The van der Waals surface area contributed by atoms with E-state index in [-0.39, 0.29) is 5.69 Å². The molecule has 80 valence electrons. The van der Waals surface area contributed by atoms with Crippen molar-refractivity contribution >= 4 is 23.0 Å². The third-order valence-electron chi connectivity index (χ3n) is 1.53. The summed E-state index contributed by atoms with van der Waals surface area (Å²) in [5, 5.41) is 17.8. The van der Waals surface area contributed by atoms with Crippen LogP contribution in [-0.2, 0) is 0 Å². The monoisotopic (exact) mass is 228 g/mol. The topological polar surface area (TPSA) is 79.9 Å². The number of nitro groups is 1. The summed E-state index contributed by atoms with van der Waals surface area (Å²) in [5.41, 5.74) is 2.75. The van der Waals surface area contributed by atoms with Crippen LogP contribution >= 0.6 is 11.6 Å². The van der Waals surface area contributed by atoms with Crippen LogP contribution in [0.1, 0.15) is 0 Å². The maximum atomic E-state index is 10.6. The fourth-order valence-electron chi connectivity index (χ4n) is 0.904. The van der Waals surface area contributed by atoms with E-state index in [9.17, 15) is 10.1 Å². The normalized spacial score (nSPS) is 10.5. The average Bonchev–Trinajstić information content (AvgIpc) is 2.25. The Morgan fingerprint density at radius 3 is 2.87 bits per heavy atom. The number of hydrogen-bond acceptors (Lipinski definition) is 4. The van der Waals surface area contributed by atoms with Gasteiger partial charge in [-0.15, -0.1) is 11.6 Å². The second kappa shape index (κ2) is 5.92. The minimum absolute atomic E-state index is 0.0395. The van der Waals surface area contributed by atoms with Crippen LogP contribution in [0.5, 0.6) is 0 Å². The highest BCUT2D eigenvalue weighted by atomic mass is 35.5. The van der Waals surface area contributed by atoms with Gasteiger partial charge in [0.2, 0.25) is 0 Å². The number of halogens is 1. The Bertz CT molecular complexity index is 369. The van der Waals surface area contributed by atoms with Crippen molar-refractivity contribution in [2.45, 2.75) is 0 Å². The molecule has 1 aromatic rings. The number of hydrogen-bond donors (Lipinski definition) is 1. The second-order valence-electron chi connectivity index (χ2n) is 2.54. The number of rotatable bonds is 5. The van der Waals surface area contributed by atoms with Crippen LogP contribution in [0.2, 0.25) is 0 Å². The molecule has 0 amide bonds. The highest BCUT2D eigenvalue weighted by molar-refractivity contribution is 6.18. The van der Waals surface area contributed by atoms with E-state index in [1.807, 2.05) is 0 Å². The van der Waals surface area contributed by atoms with Gasteiger partial charge in [0.1, 0.15) is 5.69 Å². The molecule has 0 aliphatic heterocycles. The highest BCUT2D eigenvalue weighted by Crippen LogP contribution is 2.22. The molecule has 0 fully saturated rings. The Hall–Kier alpha value is -1.69. The average molecular weight is 229 g/mol. The molecule has 0 radical (unpaired) electrons. The molecule has 6 nitrogen and oxygen atoms in total. The van der Waals surface area contributed by atoms with E-state index < -0.39 is 4.92 Å². The Labute approximate surface area is 91.1 Å². The van der Waals surface area contributed by atoms with E-state index >= 15 is 0 Å². The van der Waals surface area contributed by atoms with Crippen LogP contribution in [-0.4, -0.2) is 17.3 Å². The van der Waals surface area contributed by atoms with Crippen LogP contribution in [0.3, 0.4) is 0 Å². The van der Waals surface area contributed by atoms with Crippen LogP contribution in [0.25, 0.3) is 0 Å². The first-order valence-corrected chi connectivity index (χ1v) is 4.71. The summed E-state index contributed by atoms with van der Waals surface area (Å²) in [6.07, 6.45) is 0. The van der Waals surface area contributed by atoms with Gasteiger partial charge in [0.25, 0.3) is 5.69 Å². The van der Waals surface area contributed by atoms with Gasteiger partial charge in [-0.2, -0.15) is 5.11 Å². The molecule has 0 heterocycles. The van der Waals surface area contributed by atoms with Gasteiger partial charge >= 0.3 is 0 Å². The molecule has 1 N–H and O–H groups in total. The first-order chi connectivity index (χ1) is 7.25. The van der Waals surface area contributed by atoms with E-state index in [4.69, 9.17) is 11.6 Å². The molecule has 0 aliphatic carbocycles. The first-order valence-electron chi connectivity index (χ1n) is 4.17. The van der Waals surface area contributed by atoms with Crippen molar-refractivity contribution < 1.29 is 4.92 Å². The Morgan fingerprint density at radius 1 is 1.47 bits per heavy atom. The molecule has 0 unspecified atom stereocenters. The summed E-state index contributed by atoms with van der Waals surface area (Å²) in [5.74, 6) is 0.363.